The smallest absolute Gasteiger partial charge is 0.309 e. The normalized spacial score (nSPS) is 31.8. The SMILES string of the molecule is O=C1OCC2C1Cc1cc3c(cc1C2F)OCO3. The Morgan fingerprint density at radius 2 is 1.94 bits per heavy atom. The molecule has 0 aromatic heterocycles. The van der Waals surface area contributed by atoms with E-state index in [0.29, 0.717) is 23.5 Å². The molecule has 3 unspecified atom stereocenters. The molecule has 1 aliphatic carbocycles. The zero-order chi connectivity index (χ0) is 12.3. The average Bonchev–Trinajstić information content (AvgIpc) is 2.95. The van der Waals surface area contributed by atoms with Crippen molar-refractivity contribution in [2.75, 3.05) is 13.4 Å². The van der Waals surface area contributed by atoms with E-state index in [0.717, 1.165) is 5.56 Å². The summed E-state index contributed by atoms with van der Waals surface area (Å²) < 4.78 is 29.9. The summed E-state index contributed by atoms with van der Waals surface area (Å²) >= 11 is 0. The molecule has 1 fully saturated rings. The maximum Gasteiger partial charge on any atom is 0.309 e. The maximum atomic E-state index is 14.4. The minimum absolute atomic E-state index is 0.171. The average molecular weight is 250 g/mol. The fourth-order valence-electron chi connectivity index (χ4n) is 3.00. The largest absolute Gasteiger partial charge is 0.465 e. The van der Waals surface area contributed by atoms with Crippen molar-refractivity contribution < 1.29 is 23.4 Å². The summed E-state index contributed by atoms with van der Waals surface area (Å²) in [7, 11) is 0. The van der Waals surface area contributed by atoms with Crippen LogP contribution in [0.3, 0.4) is 0 Å². The van der Waals surface area contributed by atoms with Crippen LogP contribution < -0.4 is 9.47 Å². The lowest BCUT2D eigenvalue weighted by molar-refractivity contribution is -0.141. The fourth-order valence-corrected chi connectivity index (χ4v) is 3.00. The molecule has 0 bridgehead atoms. The Hall–Kier alpha value is -1.78. The van der Waals surface area contributed by atoms with Gasteiger partial charge >= 0.3 is 5.97 Å². The summed E-state index contributed by atoms with van der Waals surface area (Å²) in [6.07, 6.45) is -0.643. The Bertz CT molecular complexity index is 542. The standard InChI is InChI=1S/C13H11FO4/c14-12-7-3-11-10(17-5-18-11)2-6(7)1-8-9(12)4-16-13(8)15/h2-3,8-9,12H,1,4-5H2. The highest BCUT2D eigenvalue weighted by molar-refractivity contribution is 5.76. The molecule has 18 heavy (non-hydrogen) atoms. The van der Waals surface area contributed by atoms with Crippen LogP contribution in [-0.2, 0) is 16.0 Å². The molecule has 0 saturated carbocycles. The van der Waals surface area contributed by atoms with E-state index in [2.05, 4.69) is 0 Å². The second-order valence-electron chi connectivity index (χ2n) is 4.91. The minimum atomic E-state index is -1.17. The van der Waals surface area contributed by atoms with Gasteiger partial charge in [-0.25, -0.2) is 4.39 Å². The number of fused-ring (bicyclic) bond motifs is 3. The summed E-state index contributed by atoms with van der Waals surface area (Å²) in [6, 6.07) is 3.48. The summed E-state index contributed by atoms with van der Waals surface area (Å²) in [4.78, 5) is 11.6. The van der Waals surface area contributed by atoms with Gasteiger partial charge in [0.1, 0.15) is 6.17 Å². The first-order valence-electron chi connectivity index (χ1n) is 5.97. The van der Waals surface area contributed by atoms with Crippen LogP contribution in [0.4, 0.5) is 4.39 Å². The lowest BCUT2D eigenvalue weighted by atomic mass is 9.76. The lowest BCUT2D eigenvalue weighted by Gasteiger charge is -2.28. The van der Waals surface area contributed by atoms with Gasteiger partial charge in [-0.05, 0) is 29.7 Å². The molecule has 2 aliphatic heterocycles. The molecule has 1 aromatic rings. The highest BCUT2D eigenvalue weighted by Crippen LogP contribution is 2.48. The van der Waals surface area contributed by atoms with Crippen LogP contribution >= 0.6 is 0 Å². The third-order valence-electron chi connectivity index (χ3n) is 3.98. The van der Waals surface area contributed by atoms with Gasteiger partial charge in [-0.1, -0.05) is 0 Å². The van der Waals surface area contributed by atoms with Gasteiger partial charge in [0.05, 0.1) is 12.5 Å². The number of halogens is 1. The molecular formula is C13H11FO4. The number of esters is 1. The lowest BCUT2D eigenvalue weighted by Crippen LogP contribution is -2.28. The molecule has 0 radical (unpaired) electrons. The van der Waals surface area contributed by atoms with E-state index in [4.69, 9.17) is 14.2 Å². The fraction of sp³-hybridized carbons (Fsp3) is 0.462. The zero-order valence-corrected chi connectivity index (χ0v) is 9.52. The molecule has 0 amide bonds. The van der Waals surface area contributed by atoms with Crippen LogP contribution in [0.2, 0.25) is 0 Å². The summed E-state index contributed by atoms with van der Waals surface area (Å²) in [5, 5.41) is 0. The van der Waals surface area contributed by atoms with Crippen LogP contribution in [0, 0.1) is 11.8 Å². The number of rotatable bonds is 0. The number of carbonyl (C=O) groups is 1. The molecule has 3 aliphatic rings. The van der Waals surface area contributed by atoms with E-state index in [-0.39, 0.29) is 31.2 Å². The van der Waals surface area contributed by atoms with Crippen molar-refractivity contribution in [2.45, 2.75) is 12.6 Å². The molecule has 5 heteroatoms. The predicted molar refractivity (Wildman–Crippen MR) is 58.1 cm³/mol. The maximum absolute atomic E-state index is 14.4. The molecule has 3 atom stereocenters. The Labute approximate surface area is 103 Å². The monoisotopic (exact) mass is 250 g/mol. The zero-order valence-electron chi connectivity index (χ0n) is 9.52. The van der Waals surface area contributed by atoms with Crippen LogP contribution in [0.15, 0.2) is 12.1 Å². The van der Waals surface area contributed by atoms with Crippen molar-refractivity contribution in [1.82, 2.24) is 0 Å². The van der Waals surface area contributed by atoms with Gasteiger partial charge in [-0.15, -0.1) is 0 Å². The first-order valence-corrected chi connectivity index (χ1v) is 5.97. The minimum Gasteiger partial charge on any atom is -0.465 e. The Kier molecular flexibility index (Phi) is 1.90. The first kappa shape index (κ1) is 10.2. The number of benzene rings is 1. The third-order valence-corrected chi connectivity index (χ3v) is 3.98. The summed E-state index contributed by atoms with van der Waals surface area (Å²) in [5.41, 5.74) is 1.44. The number of ether oxygens (including phenoxy) is 3. The second-order valence-corrected chi connectivity index (χ2v) is 4.91. The van der Waals surface area contributed by atoms with E-state index in [1.807, 2.05) is 0 Å². The molecule has 2 heterocycles. The molecule has 0 spiro atoms. The third kappa shape index (κ3) is 1.22. The van der Waals surface area contributed by atoms with Gasteiger partial charge in [0.25, 0.3) is 0 Å². The van der Waals surface area contributed by atoms with Gasteiger partial charge in [0, 0.05) is 5.92 Å². The van der Waals surface area contributed by atoms with Crippen LogP contribution in [0.5, 0.6) is 11.5 Å². The van der Waals surface area contributed by atoms with E-state index in [1.54, 1.807) is 12.1 Å². The van der Waals surface area contributed by atoms with E-state index < -0.39 is 6.17 Å². The van der Waals surface area contributed by atoms with Crippen LogP contribution in [0.25, 0.3) is 0 Å². The van der Waals surface area contributed by atoms with Crippen molar-refractivity contribution in [1.29, 1.82) is 0 Å². The van der Waals surface area contributed by atoms with E-state index >= 15 is 0 Å². The van der Waals surface area contributed by atoms with Gasteiger partial charge in [-0.3, -0.25) is 4.79 Å². The number of hydrogen-bond donors (Lipinski definition) is 0. The molecule has 4 nitrogen and oxygen atoms in total. The predicted octanol–water partition coefficient (Wildman–Crippen LogP) is 1.77. The topological polar surface area (TPSA) is 44.8 Å². The highest BCUT2D eigenvalue weighted by Gasteiger charge is 2.47. The number of carbonyl (C=O) groups excluding carboxylic acids is 1. The highest BCUT2D eigenvalue weighted by atomic mass is 19.1. The Balaban J connectivity index is 1.82. The molecular weight excluding hydrogens is 239 g/mol. The van der Waals surface area contributed by atoms with Crippen molar-refractivity contribution >= 4 is 5.97 Å². The van der Waals surface area contributed by atoms with Gasteiger partial charge < -0.3 is 14.2 Å². The molecule has 1 saturated heterocycles. The van der Waals surface area contributed by atoms with Gasteiger partial charge in [0.2, 0.25) is 6.79 Å². The van der Waals surface area contributed by atoms with E-state index in [1.165, 1.54) is 0 Å². The molecule has 1 aromatic carbocycles. The first-order chi connectivity index (χ1) is 8.74. The summed E-state index contributed by atoms with van der Waals surface area (Å²) in [5.74, 6) is 0.218. The molecule has 4 rings (SSSR count). The molecule has 0 N–H and O–H groups in total. The van der Waals surface area contributed by atoms with Crippen molar-refractivity contribution in [2.24, 2.45) is 11.8 Å². The molecule has 94 valence electrons. The quantitative estimate of drug-likeness (QED) is 0.658. The van der Waals surface area contributed by atoms with Crippen molar-refractivity contribution in [3.63, 3.8) is 0 Å². The van der Waals surface area contributed by atoms with Crippen LogP contribution in [0.1, 0.15) is 17.3 Å². The Morgan fingerprint density at radius 1 is 1.17 bits per heavy atom. The van der Waals surface area contributed by atoms with Gasteiger partial charge in [0.15, 0.2) is 11.5 Å². The number of cyclic esters (lactones) is 1. The van der Waals surface area contributed by atoms with Crippen molar-refractivity contribution in [3.8, 4) is 11.5 Å². The van der Waals surface area contributed by atoms with Crippen molar-refractivity contribution in [3.05, 3.63) is 23.3 Å². The van der Waals surface area contributed by atoms with E-state index in [9.17, 15) is 9.18 Å². The number of alkyl halides is 1. The number of hydrogen-bond acceptors (Lipinski definition) is 4. The summed E-state index contributed by atoms with van der Waals surface area (Å²) in [6.45, 7) is 0.350. The Morgan fingerprint density at radius 3 is 2.78 bits per heavy atom. The van der Waals surface area contributed by atoms with Gasteiger partial charge in [-0.2, -0.15) is 0 Å². The van der Waals surface area contributed by atoms with Crippen LogP contribution in [-0.4, -0.2) is 19.4 Å². The second kappa shape index (κ2) is 3.37.